The Kier molecular flexibility index (Phi) is 6.36. The molecule has 0 aliphatic heterocycles. The number of hydrogen-bond acceptors (Lipinski definition) is 4. The third kappa shape index (κ3) is 4.77. The molecule has 7 nitrogen and oxygen atoms in total. The fourth-order valence-corrected chi connectivity index (χ4v) is 4.69. The molecule has 0 saturated heterocycles. The summed E-state index contributed by atoms with van der Waals surface area (Å²) in [5, 5.41) is 12.2. The van der Waals surface area contributed by atoms with Crippen molar-refractivity contribution in [1.29, 1.82) is 0 Å². The number of aromatic nitrogens is 1. The molecule has 4 aromatic rings. The summed E-state index contributed by atoms with van der Waals surface area (Å²) in [6.45, 7) is 0.105. The molecule has 0 unspecified atom stereocenters. The molecule has 0 saturated carbocycles. The van der Waals surface area contributed by atoms with Gasteiger partial charge in [-0.1, -0.05) is 72.8 Å². The maximum atomic E-state index is 12.6. The van der Waals surface area contributed by atoms with E-state index in [-0.39, 0.29) is 24.5 Å². The Balaban J connectivity index is 1.26. The Morgan fingerprint density at radius 3 is 2.22 bits per heavy atom. The predicted octanol–water partition coefficient (Wildman–Crippen LogP) is 4.58. The van der Waals surface area contributed by atoms with Gasteiger partial charge < -0.3 is 20.1 Å². The minimum atomic E-state index is -1.16. The van der Waals surface area contributed by atoms with Crippen LogP contribution in [-0.2, 0) is 16.0 Å². The minimum absolute atomic E-state index is 0.0801. The Morgan fingerprint density at radius 2 is 1.58 bits per heavy atom. The Labute approximate surface area is 207 Å². The van der Waals surface area contributed by atoms with Gasteiger partial charge in [0.25, 0.3) is 0 Å². The number of fused-ring (bicyclic) bond motifs is 3. The molecule has 0 spiro atoms. The number of H-pyrrole nitrogens is 1. The second kappa shape index (κ2) is 9.92. The van der Waals surface area contributed by atoms with E-state index in [2.05, 4.69) is 22.4 Å². The van der Waals surface area contributed by atoms with Crippen LogP contribution in [0.5, 0.6) is 0 Å². The van der Waals surface area contributed by atoms with Crippen LogP contribution in [0.15, 0.2) is 95.9 Å². The third-order valence-electron chi connectivity index (χ3n) is 6.42. The highest BCUT2D eigenvalue weighted by atomic mass is 16.5. The molecular formula is C29H24N2O5. The van der Waals surface area contributed by atoms with Crippen LogP contribution in [0, 0.1) is 0 Å². The van der Waals surface area contributed by atoms with Gasteiger partial charge in [0.15, 0.2) is 0 Å². The summed E-state index contributed by atoms with van der Waals surface area (Å²) in [4.78, 5) is 38.5. The summed E-state index contributed by atoms with van der Waals surface area (Å²) in [5.41, 5.74) is 6.56. The smallest absolute Gasteiger partial charge is 0.407 e. The van der Waals surface area contributed by atoms with E-state index in [4.69, 9.17) is 4.74 Å². The van der Waals surface area contributed by atoms with Crippen LogP contribution < -0.4 is 10.9 Å². The van der Waals surface area contributed by atoms with Gasteiger partial charge in [-0.3, -0.25) is 4.79 Å². The number of ether oxygens (including phenoxy) is 1. The third-order valence-corrected chi connectivity index (χ3v) is 6.42. The summed E-state index contributed by atoms with van der Waals surface area (Å²) >= 11 is 0. The van der Waals surface area contributed by atoms with Gasteiger partial charge in [0, 0.05) is 24.6 Å². The highest BCUT2D eigenvalue weighted by molar-refractivity contribution is 5.81. The molecular weight excluding hydrogens is 456 g/mol. The molecule has 180 valence electrons. The van der Waals surface area contributed by atoms with Crippen molar-refractivity contribution in [3.8, 4) is 22.3 Å². The Bertz CT molecular complexity index is 1430. The van der Waals surface area contributed by atoms with Gasteiger partial charge in [0.05, 0.1) is 0 Å². The second-order valence-corrected chi connectivity index (χ2v) is 8.71. The van der Waals surface area contributed by atoms with Crippen molar-refractivity contribution in [1.82, 2.24) is 10.3 Å². The van der Waals surface area contributed by atoms with E-state index in [0.29, 0.717) is 0 Å². The summed E-state index contributed by atoms with van der Waals surface area (Å²) in [7, 11) is 0. The lowest BCUT2D eigenvalue weighted by atomic mass is 9.98. The van der Waals surface area contributed by atoms with E-state index >= 15 is 0 Å². The number of hydrogen-bond donors (Lipinski definition) is 3. The monoisotopic (exact) mass is 480 g/mol. The van der Waals surface area contributed by atoms with E-state index in [1.54, 1.807) is 18.3 Å². The average molecular weight is 481 g/mol. The van der Waals surface area contributed by atoms with Crippen molar-refractivity contribution in [2.45, 2.75) is 18.4 Å². The number of rotatable bonds is 7. The number of nitrogens with one attached hydrogen (secondary N) is 2. The SMILES string of the molecule is O=C(N[C@@H](Cc1cccc(-c2ccc(=O)[nH]c2)c1)C(=O)O)OCC1c2ccccc2-c2ccccc21. The number of benzene rings is 3. The van der Waals surface area contributed by atoms with E-state index in [0.717, 1.165) is 38.9 Å². The molecule has 3 aromatic carbocycles. The summed E-state index contributed by atoms with van der Waals surface area (Å²) in [5.74, 6) is -1.27. The number of carbonyl (C=O) groups excluding carboxylic acids is 1. The van der Waals surface area contributed by atoms with Crippen molar-refractivity contribution in [3.63, 3.8) is 0 Å². The quantitative estimate of drug-likeness (QED) is 0.359. The highest BCUT2D eigenvalue weighted by Crippen LogP contribution is 2.44. The number of carboxylic acid groups (broad SMARTS) is 1. The number of alkyl carbamates (subject to hydrolysis) is 1. The lowest BCUT2D eigenvalue weighted by Crippen LogP contribution is -2.42. The first-order valence-corrected chi connectivity index (χ1v) is 11.6. The van der Waals surface area contributed by atoms with Crippen LogP contribution in [0.2, 0.25) is 0 Å². The molecule has 1 amide bonds. The van der Waals surface area contributed by atoms with E-state index in [1.807, 2.05) is 54.6 Å². The molecule has 5 rings (SSSR count). The molecule has 0 bridgehead atoms. The van der Waals surface area contributed by atoms with E-state index < -0.39 is 18.1 Å². The van der Waals surface area contributed by atoms with Gasteiger partial charge in [-0.05, 0) is 45.0 Å². The molecule has 3 N–H and O–H groups in total. The lowest BCUT2D eigenvalue weighted by molar-refractivity contribution is -0.139. The zero-order chi connectivity index (χ0) is 25.1. The number of carboxylic acids is 1. The van der Waals surface area contributed by atoms with Gasteiger partial charge in [-0.15, -0.1) is 0 Å². The number of aromatic amines is 1. The molecule has 1 aliphatic carbocycles. The molecule has 1 aliphatic rings. The zero-order valence-corrected chi connectivity index (χ0v) is 19.3. The summed E-state index contributed by atoms with van der Waals surface area (Å²) in [6, 6.07) is 25.3. The topological polar surface area (TPSA) is 108 Å². The minimum Gasteiger partial charge on any atom is -0.480 e. The molecule has 0 radical (unpaired) electrons. The van der Waals surface area contributed by atoms with Crippen LogP contribution >= 0.6 is 0 Å². The van der Waals surface area contributed by atoms with Gasteiger partial charge in [0.2, 0.25) is 5.56 Å². The largest absolute Gasteiger partial charge is 0.480 e. The highest BCUT2D eigenvalue weighted by Gasteiger charge is 2.29. The molecule has 1 atom stereocenters. The second-order valence-electron chi connectivity index (χ2n) is 8.71. The average Bonchev–Trinajstić information content (AvgIpc) is 3.21. The molecule has 7 heteroatoms. The van der Waals surface area contributed by atoms with Crippen LogP contribution in [0.1, 0.15) is 22.6 Å². The number of amides is 1. The molecule has 36 heavy (non-hydrogen) atoms. The zero-order valence-electron chi connectivity index (χ0n) is 19.3. The maximum absolute atomic E-state index is 12.6. The summed E-state index contributed by atoms with van der Waals surface area (Å²) in [6.07, 6.45) is 0.906. The fraction of sp³-hybridized carbons (Fsp3) is 0.138. The van der Waals surface area contributed by atoms with Crippen LogP contribution in [-0.4, -0.2) is 34.8 Å². The number of carbonyl (C=O) groups is 2. The number of aliphatic carboxylic acids is 1. The first-order chi connectivity index (χ1) is 17.5. The van der Waals surface area contributed by atoms with Crippen LogP contribution in [0.4, 0.5) is 4.79 Å². The van der Waals surface area contributed by atoms with Crippen molar-refractivity contribution in [2.75, 3.05) is 6.61 Å². The van der Waals surface area contributed by atoms with Crippen molar-refractivity contribution < 1.29 is 19.4 Å². The standard InChI is InChI=1S/C29H24N2O5/c32-27-13-12-20(16-30-27)19-7-5-6-18(14-19)15-26(28(33)34)31-29(35)36-17-25-23-10-3-1-8-21(23)22-9-2-4-11-24(22)25/h1-14,16,25-26H,15,17H2,(H,30,32)(H,31,35)(H,33,34)/t26-/m0/s1. The first kappa shape index (κ1) is 23.1. The van der Waals surface area contributed by atoms with Crippen molar-refractivity contribution >= 4 is 12.1 Å². The Morgan fingerprint density at radius 1 is 0.889 bits per heavy atom. The predicted molar refractivity (Wildman–Crippen MR) is 136 cm³/mol. The van der Waals surface area contributed by atoms with Crippen LogP contribution in [0.3, 0.4) is 0 Å². The summed E-state index contributed by atoms with van der Waals surface area (Å²) < 4.78 is 5.52. The molecule has 1 aromatic heterocycles. The lowest BCUT2D eigenvalue weighted by Gasteiger charge is -2.18. The maximum Gasteiger partial charge on any atom is 0.407 e. The van der Waals surface area contributed by atoms with Gasteiger partial charge in [-0.25, -0.2) is 9.59 Å². The van der Waals surface area contributed by atoms with Gasteiger partial charge in [-0.2, -0.15) is 0 Å². The van der Waals surface area contributed by atoms with Crippen molar-refractivity contribution in [3.05, 3.63) is 118 Å². The normalized spacial score (nSPS) is 12.9. The Hall–Kier alpha value is -4.65. The van der Waals surface area contributed by atoms with E-state index in [9.17, 15) is 19.5 Å². The molecule has 1 heterocycles. The van der Waals surface area contributed by atoms with E-state index in [1.165, 1.54) is 6.07 Å². The molecule has 0 fully saturated rings. The number of pyridine rings is 1. The fourth-order valence-electron chi connectivity index (χ4n) is 4.69. The van der Waals surface area contributed by atoms with Crippen LogP contribution in [0.25, 0.3) is 22.3 Å². The first-order valence-electron chi connectivity index (χ1n) is 11.6. The van der Waals surface area contributed by atoms with Gasteiger partial charge in [0.1, 0.15) is 12.6 Å². The van der Waals surface area contributed by atoms with Gasteiger partial charge >= 0.3 is 12.1 Å². The van der Waals surface area contributed by atoms with Crippen molar-refractivity contribution in [2.24, 2.45) is 0 Å².